The predicted octanol–water partition coefficient (Wildman–Crippen LogP) is 4.88. The number of carbonyl (C=O) groups is 1. The molecule has 0 aliphatic heterocycles. The normalized spacial score (nSPS) is 11.0. The molecule has 0 spiro atoms. The molecule has 3 rings (SSSR count). The highest BCUT2D eigenvalue weighted by molar-refractivity contribution is 6.42. The van der Waals surface area contributed by atoms with Gasteiger partial charge in [-0.25, -0.2) is 4.79 Å². The largest absolute Gasteiger partial charge is 0.508 e. The first-order valence-corrected chi connectivity index (χ1v) is 8.18. The summed E-state index contributed by atoms with van der Waals surface area (Å²) in [4.78, 5) is 12.3. The monoisotopic (exact) mass is 363 g/mol. The van der Waals surface area contributed by atoms with Crippen molar-refractivity contribution in [3.8, 4) is 5.75 Å². The van der Waals surface area contributed by atoms with Crippen LogP contribution >= 0.6 is 23.2 Å². The Bertz CT molecular complexity index is 918. The Morgan fingerprint density at radius 3 is 2.62 bits per heavy atom. The molecule has 6 heteroatoms. The number of ether oxygens (including phenoxy) is 1. The van der Waals surface area contributed by atoms with Crippen LogP contribution in [0.3, 0.4) is 0 Å². The van der Waals surface area contributed by atoms with Gasteiger partial charge in [-0.1, -0.05) is 29.3 Å². The number of halogens is 2. The van der Waals surface area contributed by atoms with E-state index >= 15 is 0 Å². The number of rotatable bonds is 4. The Kier molecular flexibility index (Phi) is 4.69. The zero-order chi connectivity index (χ0) is 17.3. The summed E-state index contributed by atoms with van der Waals surface area (Å²) in [5.41, 5.74) is 2.14. The summed E-state index contributed by atoms with van der Waals surface area (Å²) in [6.45, 7) is 2.48. The van der Waals surface area contributed by atoms with Crippen LogP contribution < -0.4 is 0 Å². The molecule has 0 fully saturated rings. The van der Waals surface area contributed by atoms with Crippen LogP contribution in [0.4, 0.5) is 0 Å². The number of hydrogen-bond donors (Lipinski definition) is 1. The summed E-state index contributed by atoms with van der Waals surface area (Å²) in [7, 11) is 0. The van der Waals surface area contributed by atoms with Gasteiger partial charge in [0.15, 0.2) is 0 Å². The molecule has 0 bridgehead atoms. The topological polar surface area (TPSA) is 51.5 Å². The molecule has 4 nitrogen and oxygen atoms in total. The minimum Gasteiger partial charge on any atom is -0.508 e. The van der Waals surface area contributed by atoms with E-state index in [2.05, 4.69) is 0 Å². The van der Waals surface area contributed by atoms with Gasteiger partial charge >= 0.3 is 5.97 Å². The molecule has 3 aromatic rings. The third kappa shape index (κ3) is 3.21. The van der Waals surface area contributed by atoms with Crippen LogP contribution in [0.5, 0.6) is 5.75 Å². The Hall–Kier alpha value is -2.17. The van der Waals surface area contributed by atoms with Gasteiger partial charge in [-0.05, 0) is 48.9 Å². The Morgan fingerprint density at radius 1 is 1.12 bits per heavy atom. The molecule has 0 radical (unpaired) electrons. The number of esters is 1. The third-order valence-electron chi connectivity index (χ3n) is 3.69. The number of phenols is 1. The molecule has 0 aliphatic carbocycles. The number of aromatic hydroxyl groups is 1. The molecule has 1 N–H and O–H groups in total. The summed E-state index contributed by atoms with van der Waals surface area (Å²) in [6.07, 6.45) is 0. The number of nitrogens with zero attached hydrogens (tertiary/aromatic N) is 1. The standard InChI is InChI=1S/C18H15Cl2NO3/c1-2-24-18(23)17-9-12-8-13(22)4-6-16(12)21(17)10-11-3-5-14(19)15(20)7-11/h3-9,22H,2,10H2,1H3. The Labute approximate surface area is 149 Å². The molecule has 1 heterocycles. The molecule has 124 valence electrons. The summed E-state index contributed by atoms with van der Waals surface area (Å²) in [5.74, 6) is -0.266. The smallest absolute Gasteiger partial charge is 0.354 e. The molecule has 1 aromatic heterocycles. The van der Waals surface area contributed by atoms with Gasteiger partial charge in [0, 0.05) is 17.4 Å². The highest BCUT2D eigenvalue weighted by Gasteiger charge is 2.17. The predicted molar refractivity (Wildman–Crippen MR) is 95.1 cm³/mol. The van der Waals surface area contributed by atoms with Crippen LogP contribution in [0.1, 0.15) is 23.0 Å². The van der Waals surface area contributed by atoms with Gasteiger partial charge in [0.2, 0.25) is 0 Å². The number of phenolic OH excluding ortho intramolecular Hbond substituents is 1. The summed E-state index contributed by atoms with van der Waals surface area (Å²) in [6, 6.07) is 12.0. The number of carbonyl (C=O) groups excluding carboxylic acids is 1. The molecule has 0 amide bonds. The maximum Gasteiger partial charge on any atom is 0.354 e. The van der Waals surface area contributed by atoms with Crippen molar-refractivity contribution in [2.75, 3.05) is 6.61 Å². The van der Waals surface area contributed by atoms with E-state index in [-0.39, 0.29) is 5.75 Å². The van der Waals surface area contributed by atoms with Gasteiger partial charge in [0.25, 0.3) is 0 Å². The van der Waals surface area contributed by atoms with Crippen molar-refractivity contribution in [2.24, 2.45) is 0 Å². The van der Waals surface area contributed by atoms with Crippen LogP contribution in [-0.2, 0) is 11.3 Å². The van der Waals surface area contributed by atoms with E-state index in [1.54, 1.807) is 43.3 Å². The third-order valence-corrected chi connectivity index (χ3v) is 4.43. The Morgan fingerprint density at radius 2 is 1.92 bits per heavy atom. The lowest BCUT2D eigenvalue weighted by Gasteiger charge is -2.11. The van der Waals surface area contributed by atoms with Gasteiger partial charge in [-0.3, -0.25) is 0 Å². The van der Waals surface area contributed by atoms with E-state index in [0.29, 0.717) is 28.9 Å². The number of hydrogen-bond acceptors (Lipinski definition) is 3. The second-order valence-electron chi connectivity index (χ2n) is 5.33. The number of fused-ring (bicyclic) bond motifs is 1. The summed E-state index contributed by atoms with van der Waals surface area (Å²) in [5, 5.41) is 11.4. The SMILES string of the molecule is CCOC(=O)c1cc2cc(O)ccc2n1Cc1ccc(Cl)c(Cl)c1. The van der Waals surface area contributed by atoms with Gasteiger partial charge in [0.1, 0.15) is 11.4 Å². The second kappa shape index (κ2) is 6.75. The van der Waals surface area contributed by atoms with Gasteiger partial charge in [0.05, 0.1) is 16.7 Å². The first kappa shape index (κ1) is 16.7. The molecule has 2 aromatic carbocycles. The first-order valence-electron chi connectivity index (χ1n) is 7.43. The number of aromatic nitrogens is 1. The average molecular weight is 364 g/mol. The van der Waals surface area contributed by atoms with Crippen molar-refractivity contribution in [1.82, 2.24) is 4.57 Å². The van der Waals surface area contributed by atoms with Crippen molar-refractivity contribution < 1.29 is 14.6 Å². The quantitative estimate of drug-likeness (QED) is 0.672. The summed E-state index contributed by atoms with van der Waals surface area (Å²) < 4.78 is 6.98. The van der Waals surface area contributed by atoms with Crippen LogP contribution in [-0.4, -0.2) is 22.2 Å². The van der Waals surface area contributed by atoms with Crippen LogP contribution in [0.25, 0.3) is 10.9 Å². The molecular formula is C18H15Cl2NO3. The van der Waals surface area contributed by atoms with E-state index in [4.69, 9.17) is 27.9 Å². The van der Waals surface area contributed by atoms with Gasteiger partial charge in [-0.15, -0.1) is 0 Å². The zero-order valence-electron chi connectivity index (χ0n) is 12.9. The van der Waals surface area contributed by atoms with E-state index in [9.17, 15) is 9.90 Å². The summed E-state index contributed by atoms with van der Waals surface area (Å²) >= 11 is 12.0. The lowest BCUT2D eigenvalue weighted by atomic mass is 10.2. The molecule has 0 atom stereocenters. The lowest BCUT2D eigenvalue weighted by Crippen LogP contribution is -2.12. The average Bonchev–Trinajstić information content (AvgIpc) is 2.89. The van der Waals surface area contributed by atoms with E-state index in [1.165, 1.54) is 0 Å². The van der Waals surface area contributed by atoms with Crippen molar-refractivity contribution in [1.29, 1.82) is 0 Å². The molecule has 24 heavy (non-hydrogen) atoms. The van der Waals surface area contributed by atoms with Crippen molar-refractivity contribution in [3.63, 3.8) is 0 Å². The van der Waals surface area contributed by atoms with E-state index in [0.717, 1.165) is 16.5 Å². The van der Waals surface area contributed by atoms with Gasteiger partial charge in [-0.2, -0.15) is 0 Å². The lowest BCUT2D eigenvalue weighted by molar-refractivity contribution is 0.0515. The minimum absolute atomic E-state index is 0.143. The fourth-order valence-electron chi connectivity index (χ4n) is 2.62. The van der Waals surface area contributed by atoms with Crippen LogP contribution in [0, 0.1) is 0 Å². The minimum atomic E-state index is -0.409. The van der Waals surface area contributed by atoms with Gasteiger partial charge < -0.3 is 14.4 Å². The van der Waals surface area contributed by atoms with Crippen molar-refractivity contribution in [3.05, 3.63) is 63.8 Å². The molecule has 0 saturated carbocycles. The van der Waals surface area contributed by atoms with Crippen LogP contribution in [0.2, 0.25) is 10.0 Å². The zero-order valence-corrected chi connectivity index (χ0v) is 14.4. The first-order chi connectivity index (χ1) is 11.5. The van der Waals surface area contributed by atoms with Crippen molar-refractivity contribution in [2.45, 2.75) is 13.5 Å². The molecule has 0 saturated heterocycles. The Balaban J connectivity index is 2.11. The van der Waals surface area contributed by atoms with Crippen LogP contribution in [0.15, 0.2) is 42.5 Å². The maximum absolute atomic E-state index is 12.3. The second-order valence-corrected chi connectivity index (χ2v) is 6.14. The highest BCUT2D eigenvalue weighted by Crippen LogP contribution is 2.27. The van der Waals surface area contributed by atoms with E-state index in [1.807, 2.05) is 10.6 Å². The van der Waals surface area contributed by atoms with Crippen molar-refractivity contribution >= 4 is 40.1 Å². The molecule has 0 aliphatic rings. The fraction of sp³-hybridized carbons (Fsp3) is 0.167. The molecular weight excluding hydrogens is 349 g/mol. The maximum atomic E-state index is 12.3. The number of benzene rings is 2. The highest BCUT2D eigenvalue weighted by atomic mass is 35.5. The van der Waals surface area contributed by atoms with E-state index < -0.39 is 5.97 Å². The molecule has 0 unspecified atom stereocenters. The fourth-order valence-corrected chi connectivity index (χ4v) is 2.94.